The number of ether oxygens (including phenoxy) is 1. The number of benzene rings is 1. The van der Waals surface area contributed by atoms with Crippen molar-refractivity contribution in [2.45, 2.75) is 38.8 Å². The summed E-state index contributed by atoms with van der Waals surface area (Å²) in [5.74, 6) is 0.854. The monoisotopic (exact) mass is 313 g/mol. The van der Waals surface area contributed by atoms with Crippen molar-refractivity contribution in [1.29, 1.82) is 0 Å². The number of carbonyl (C=O) groups is 1. The fourth-order valence-electron chi connectivity index (χ4n) is 2.12. The average Bonchev–Trinajstić information content (AvgIpc) is 2.22. The van der Waals surface area contributed by atoms with Gasteiger partial charge in [0.1, 0.15) is 11.9 Å². The molecule has 1 aromatic rings. The molecule has 4 nitrogen and oxygen atoms in total. The first-order valence-corrected chi connectivity index (χ1v) is 6.68. The molecule has 0 atom stereocenters. The molecule has 0 spiro atoms. The number of aryl methyl sites for hydroxylation is 2. The van der Waals surface area contributed by atoms with Gasteiger partial charge in [0.2, 0.25) is 0 Å². The third kappa shape index (κ3) is 2.96. The van der Waals surface area contributed by atoms with Crippen molar-refractivity contribution in [3.05, 3.63) is 27.7 Å². The molecule has 0 radical (unpaired) electrons. The molecule has 0 heterocycles. The van der Waals surface area contributed by atoms with Gasteiger partial charge in [-0.15, -0.1) is 0 Å². The van der Waals surface area contributed by atoms with E-state index < -0.39 is 6.09 Å². The van der Waals surface area contributed by atoms with E-state index in [4.69, 9.17) is 9.84 Å². The number of rotatable bonds is 3. The Balaban J connectivity index is 1.91. The van der Waals surface area contributed by atoms with E-state index in [-0.39, 0.29) is 12.1 Å². The predicted molar refractivity (Wildman–Crippen MR) is 72.2 cm³/mol. The van der Waals surface area contributed by atoms with Crippen LogP contribution in [-0.2, 0) is 0 Å². The minimum Gasteiger partial charge on any atom is -0.490 e. The summed E-state index contributed by atoms with van der Waals surface area (Å²) in [4.78, 5) is 10.4. The summed E-state index contributed by atoms with van der Waals surface area (Å²) in [5, 5.41) is 11.0. The first kappa shape index (κ1) is 13.2. The van der Waals surface area contributed by atoms with Crippen molar-refractivity contribution in [2.75, 3.05) is 0 Å². The molecule has 1 aliphatic rings. The normalized spacial score (nSPS) is 22.2. The molecule has 98 valence electrons. The molecule has 1 aromatic carbocycles. The summed E-state index contributed by atoms with van der Waals surface area (Å²) in [7, 11) is 0. The highest BCUT2D eigenvalue weighted by Gasteiger charge is 2.32. The number of amides is 1. The van der Waals surface area contributed by atoms with Crippen LogP contribution in [0.4, 0.5) is 4.79 Å². The topological polar surface area (TPSA) is 58.6 Å². The highest BCUT2D eigenvalue weighted by molar-refractivity contribution is 9.10. The summed E-state index contributed by atoms with van der Waals surface area (Å²) in [6.45, 7) is 4.05. The van der Waals surface area contributed by atoms with Gasteiger partial charge in [-0.1, -0.05) is 15.9 Å². The Kier molecular flexibility index (Phi) is 3.80. The molecule has 0 bridgehead atoms. The van der Waals surface area contributed by atoms with Crippen LogP contribution in [0.1, 0.15) is 24.0 Å². The van der Waals surface area contributed by atoms with E-state index >= 15 is 0 Å². The first-order valence-electron chi connectivity index (χ1n) is 5.88. The Labute approximate surface area is 114 Å². The van der Waals surface area contributed by atoms with Crippen LogP contribution in [-0.4, -0.2) is 23.3 Å². The standard InChI is InChI=1S/C13H16BrNO3/c1-7-3-10(4-8(2)12(7)14)18-11-5-9(6-11)15-13(16)17/h3-4,9,11,15H,5-6H2,1-2H3,(H,16,17)/t9-,11+. The molecule has 2 N–H and O–H groups in total. The minimum absolute atomic E-state index is 0.0325. The van der Waals surface area contributed by atoms with Crippen LogP contribution in [0.2, 0.25) is 0 Å². The molecule has 1 fully saturated rings. The Bertz CT molecular complexity index is 446. The zero-order valence-corrected chi connectivity index (χ0v) is 12.0. The zero-order valence-electron chi connectivity index (χ0n) is 10.4. The molecule has 5 heteroatoms. The Morgan fingerprint density at radius 2 is 1.94 bits per heavy atom. The molecular weight excluding hydrogens is 298 g/mol. The van der Waals surface area contributed by atoms with Gasteiger partial charge in [0.15, 0.2) is 0 Å². The predicted octanol–water partition coefficient (Wildman–Crippen LogP) is 3.24. The number of hydrogen-bond acceptors (Lipinski definition) is 2. The molecule has 1 saturated carbocycles. The van der Waals surface area contributed by atoms with Crippen molar-refractivity contribution in [3.63, 3.8) is 0 Å². The van der Waals surface area contributed by atoms with Crippen molar-refractivity contribution in [3.8, 4) is 5.75 Å². The van der Waals surface area contributed by atoms with E-state index in [0.717, 1.165) is 34.2 Å². The summed E-state index contributed by atoms with van der Waals surface area (Å²) in [5.41, 5.74) is 2.29. The lowest BCUT2D eigenvalue weighted by molar-refractivity contribution is 0.0833. The van der Waals surface area contributed by atoms with E-state index in [0.29, 0.717) is 0 Å². The molecule has 0 aromatic heterocycles. The number of nitrogens with one attached hydrogen (secondary N) is 1. The SMILES string of the molecule is Cc1cc(O[C@H]2C[C@@H](NC(=O)O)C2)cc(C)c1Br. The summed E-state index contributed by atoms with van der Waals surface area (Å²) >= 11 is 3.52. The maximum atomic E-state index is 10.4. The van der Waals surface area contributed by atoms with Gasteiger partial charge >= 0.3 is 6.09 Å². The molecular formula is C13H16BrNO3. The lowest BCUT2D eigenvalue weighted by Crippen LogP contribution is -2.48. The molecule has 1 aliphatic carbocycles. The fourth-order valence-corrected chi connectivity index (χ4v) is 2.35. The van der Waals surface area contributed by atoms with Gasteiger partial charge in [-0.05, 0) is 37.1 Å². The lowest BCUT2D eigenvalue weighted by atomic mass is 9.89. The molecule has 0 aliphatic heterocycles. The molecule has 1 amide bonds. The maximum absolute atomic E-state index is 10.4. The molecule has 0 unspecified atom stereocenters. The van der Waals surface area contributed by atoms with Gasteiger partial charge in [0.25, 0.3) is 0 Å². The van der Waals surface area contributed by atoms with Crippen LogP contribution in [0, 0.1) is 13.8 Å². The second-order valence-corrected chi connectivity index (χ2v) is 5.52. The average molecular weight is 314 g/mol. The van der Waals surface area contributed by atoms with Crippen molar-refractivity contribution < 1.29 is 14.6 Å². The Hall–Kier alpha value is -1.23. The van der Waals surface area contributed by atoms with Crippen LogP contribution < -0.4 is 10.1 Å². The van der Waals surface area contributed by atoms with E-state index in [9.17, 15) is 4.79 Å². The molecule has 18 heavy (non-hydrogen) atoms. The van der Waals surface area contributed by atoms with Crippen molar-refractivity contribution in [2.24, 2.45) is 0 Å². The van der Waals surface area contributed by atoms with Crippen LogP contribution in [0.25, 0.3) is 0 Å². The summed E-state index contributed by atoms with van der Waals surface area (Å²) < 4.78 is 6.93. The van der Waals surface area contributed by atoms with E-state index in [2.05, 4.69) is 21.2 Å². The van der Waals surface area contributed by atoms with Crippen LogP contribution in [0.5, 0.6) is 5.75 Å². The van der Waals surface area contributed by atoms with Gasteiger partial charge in [-0.3, -0.25) is 0 Å². The number of carboxylic acid groups (broad SMARTS) is 1. The maximum Gasteiger partial charge on any atom is 0.404 e. The summed E-state index contributed by atoms with van der Waals surface area (Å²) in [6, 6.07) is 4.02. The lowest BCUT2D eigenvalue weighted by Gasteiger charge is -2.35. The van der Waals surface area contributed by atoms with Crippen molar-refractivity contribution in [1.82, 2.24) is 5.32 Å². The largest absolute Gasteiger partial charge is 0.490 e. The van der Waals surface area contributed by atoms with Gasteiger partial charge < -0.3 is 15.2 Å². The van der Waals surface area contributed by atoms with Gasteiger partial charge in [-0.2, -0.15) is 0 Å². The van der Waals surface area contributed by atoms with Gasteiger partial charge in [0, 0.05) is 23.4 Å². The van der Waals surface area contributed by atoms with Gasteiger partial charge in [-0.25, -0.2) is 4.79 Å². The second-order valence-electron chi connectivity index (χ2n) is 4.73. The zero-order chi connectivity index (χ0) is 13.3. The van der Waals surface area contributed by atoms with E-state index in [1.165, 1.54) is 0 Å². The summed E-state index contributed by atoms with van der Waals surface area (Å²) in [6.07, 6.45) is 0.622. The highest BCUT2D eigenvalue weighted by Crippen LogP contribution is 2.30. The third-order valence-corrected chi connectivity index (χ3v) is 4.39. The van der Waals surface area contributed by atoms with Crippen molar-refractivity contribution >= 4 is 22.0 Å². The van der Waals surface area contributed by atoms with Gasteiger partial charge in [0.05, 0.1) is 0 Å². The second kappa shape index (κ2) is 5.18. The highest BCUT2D eigenvalue weighted by atomic mass is 79.9. The van der Waals surface area contributed by atoms with Crippen LogP contribution in [0.3, 0.4) is 0 Å². The fraction of sp³-hybridized carbons (Fsp3) is 0.462. The van der Waals surface area contributed by atoms with Crippen LogP contribution in [0.15, 0.2) is 16.6 Å². The first-order chi connectivity index (χ1) is 8.45. The third-order valence-electron chi connectivity index (χ3n) is 3.14. The van der Waals surface area contributed by atoms with E-state index in [1.54, 1.807) is 0 Å². The Morgan fingerprint density at radius 3 is 2.44 bits per heavy atom. The minimum atomic E-state index is -0.964. The quantitative estimate of drug-likeness (QED) is 0.900. The van der Waals surface area contributed by atoms with Crippen LogP contribution >= 0.6 is 15.9 Å². The Morgan fingerprint density at radius 1 is 1.39 bits per heavy atom. The smallest absolute Gasteiger partial charge is 0.404 e. The van der Waals surface area contributed by atoms with E-state index in [1.807, 2.05) is 26.0 Å². The number of halogens is 1. The molecule has 2 rings (SSSR count). The number of hydrogen-bond donors (Lipinski definition) is 2. The molecule has 0 saturated heterocycles.